The Labute approximate surface area is 163 Å². The number of nitrogens with zero attached hydrogens (tertiary/aromatic N) is 2. The maximum atomic E-state index is 6.15. The molecule has 0 aliphatic rings. The van der Waals surface area contributed by atoms with Gasteiger partial charge in [-0.05, 0) is 29.8 Å². The number of halogens is 3. The van der Waals surface area contributed by atoms with Gasteiger partial charge in [-0.1, -0.05) is 35.3 Å². The van der Waals surface area contributed by atoms with Crippen molar-refractivity contribution >= 4 is 53.1 Å². The Hall–Kier alpha value is -1.05. The molecule has 2 aromatic rings. The van der Waals surface area contributed by atoms with Crippen molar-refractivity contribution in [2.24, 2.45) is 4.99 Å². The third-order valence-electron chi connectivity index (χ3n) is 3.08. The minimum atomic E-state index is 0. The molecule has 4 nitrogen and oxygen atoms in total. The minimum absolute atomic E-state index is 0. The summed E-state index contributed by atoms with van der Waals surface area (Å²) in [4.78, 5) is 8.47. The van der Waals surface area contributed by atoms with Crippen LogP contribution in [0.1, 0.15) is 11.3 Å². The number of aliphatic imine (C=N–C) groups is 1. The first kappa shape index (κ1) is 20.0. The van der Waals surface area contributed by atoms with Gasteiger partial charge in [0.05, 0.1) is 0 Å². The Balaban J connectivity index is 0.00000264. The second kappa shape index (κ2) is 10.7. The Kier molecular flexibility index (Phi) is 9.28. The molecular weight excluding hydrogens is 446 g/mol. The first-order valence-corrected chi connectivity index (χ1v) is 7.73. The molecule has 0 unspecified atom stereocenters. The molecule has 0 aliphatic carbocycles. The van der Waals surface area contributed by atoms with E-state index in [-0.39, 0.29) is 24.0 Å². The predicted molar refractivity (Wildman–Crippen MR) is 108 cm³/mol. The van der Waals surface area contributed by atoms with E-state index in [1.54, 1.807) is 19.3 Å². The molecule has 0 bridgehead atoms. The van der Waals surface area contributed by atoms with Crippen LogP contribution in [0.4, 0.5) is 0 Å². The molecule has 0 saturated carbocycles. The molecule has 0 amide bonds. The number of aromatic nitrogens is 1. The Bertz CT molecular complexity index is 635. The van der Waals surface area contributed by atoms with Gasteiger partial charge >= 0.3 is 0 Å². The van der Waals surface area contributed by atoms with E-state index in [0.717, 1.165) is 30.2 Å². The summed E-state index contributed by atoms with van der Waals surface area (Å²) in [5.74, 6) is 0.724. The van der Waals surface area contributed by atoms with Gasteiger partial charge in [0.15, 0.2) is 5.96 Å². The van der Waals surface area contributed by atoms with E-state index in [1.807, 2.05) is 30.3 Å². The maximum absolute atomic E-state index is 6.15. The van der Waals surface area contributed by atoms with Gasteiger partial charge < -0.3 is 10.6 Å². The average molecular weight is 465 g/mol. The first-order valence-electron chi connectivity index (χ1n) is 6.97. The highest BCUT2D eigenvalue weighted by atomic mass is 127. The summed E-state index contributed by atoms with van der Waals surface area (Å²) >= 11 is 12.0. The zero-order chi connectivity index (χ0) is 15.8. The van der Waals surface area contributed by atoms with Gasteiger partial charge in [0.2, 0.25) is 0 Å². The summed E-state index contributed by atoms with van der Waals surface area (Å²) in [6.07, 6.45) is 2.63. The summed E-state index contributed by atoms with van der Waals surface area (Å²) in [5.41, 5.74) is 2.02. The Morgan fingerprint density at radius 2 is 2.00 bits per heavy atom. The van der Waals surface area contributed by atoms with Crippen molar-refractivity contribution in [3.8, 4) is 0 Å². The van der Waals surface area contributed by atoms with Gasteiger partial charge in [-0.15, -0.1) is 24.0 Å². The van der Waals surface area contributed by atoms with E-state index in [4.69, 9.17) is 23.2 Å². The monoisotopic (exact) mass is 464 g/mol. The van der Waals surface area contributed by atoms with Crippen LogP contribution >= 0.6 is 47.2 Å². The summed E-state index contributed by atoms with van der Waals surface area (Å²) in [6, 6.07) is 11.4. The van der Waals surface area contributed by atoms with Crippen molar-refractivity contribution in [2.75, 3.05) is 13.6 Å². The number of guanidine groups is 1. The highest BCUT2D eigenvalue weighted by Crippen LogP contribution is 2.20. The second-order valence-corrected chi connectivity index (χ2v) is 5.50. The Morgan fingerprint density at radius 1 is 1.17 bits per heavy atom. The lowest BCUT2D eigenvalue weighted by molar-refractivity contribution is 0.784. The van der Waals surface area contributed by atoms with Crippen LogP contribution in [0.2, 0.25) is 10.0 Å². The first-order chi connectivity index (χ1) is 10.7. The van der Waals surface area contributed by atoms with Crippen LogP contribution < -0.4 is 10.6 Å². The highest BCUT2D eigenvalue weighted by Gasteiger charge is 2.03. The topological polar surface area (TPSA) is 49.3 Å². The molecule has 2 N–H and O–H groups in total. The third-order valence-corrected chi connectivity index (χ3v) is 3.67. The number of benzene rings is 1. The third kappa shape index (κ3) is 6.93. The molecule has 0 spiro atoms. The number of pyridine rings is 1. The minimum Gasteiger partial charge on any atom is -0.356 e. The summed E-state index contributed by atoms with van der Waals surface area (Å²) in [7, 11) is 1.74. The SMILES string of the molecule is CN=C(NCCc1ccccn1)NCc1ccc(Cl)cc1Cl.I. The molecule has 2 rings (SSSR count). The average Bonchev–Trinajstić information content (AvgIpc) is 2.53. The normalized spacial score (nSPS) is 10.8. The quantitative estimate of drug-likeness (QED) is 0.400. The van der Waals surface area contributed by atoms with Gasteiger partial charge in [0, 0.05) is 48.5 Å². The van der Waals surface area contributed by atoms with Crippen LogP contribution in [-0.4, -0.2) is 24.5 Å². The van der Waals surface area contributed by atoms with Crippen LogP contribution in [0.25, 0.3) is 0 Å². The zero-order valence-electron chi connectivity index (χ0n) is 12.7. The van der Waals surface area contributed by atoms with E-state index in [9.17, 15) is 0 Å². The van der Waals surface area contributed by atoms with Gasteiger partial charge in [0.1, 0.15) is 0 Å². The fraction of sp³-hybridized carbons (Fsp3) is 0.250. The van der Waals surface area contributed by atoms with Crippen molar-refractivity contribution in [2.45, 2.75) is 13.0 Å². The van der Waals surface area contributed by atoms with E-state index < -0.39 is 0 Å². The smallest absolute Gasteiger partial charge is 0.191 e. The highest BCUT2D eigenvalue weighted by molar-refractivity contribution is 14.0. The molecule has 7 heteroatoms. The molecular formula is C16H19Cl2IN4. The van der Waals surface area contributed by atoms with Crippen LogP contribution in [0, 0.1) is 0 Å². The van der Waals surface area contributed by atoms with Crippen molar-refractivity contribution in [1.82, 2.24) is 15.6 Å². The molecule has 0 fully saturated rings. The van der Waals surface area contributed by atoms with Crippen molar-refractivity contribution in [1.29, 1.82) is 0 Å². The molecule has 0 saturated heterocycles. The van der Waals surface area contributed by atoms with Crippen molar-refractivity contribution < 1.29 is 0 Å². The van der Waals surface area contributed by atoms with E-state index in [0.29, 0.717) is 16.6 Å². The number of hydrogen-bond acceptors (Lipinski definition) is 2. The van der Waals surface area contributed by atoms with E-state index in [1.165, 1.54) is 0 Å². The number of rotatable bonds is 5. The lowest BCUT2D eigenvalue weighted by atomic mass is 10.2. The number of hydrogen-bond donors (Lipinski definition) is 2. The fourth-order valence-corrected chi connectivity index (χ4v) is 2.39. The lowest BCUT2D eigenvalue weighted by Crippen LogP contribution is -2.38. The molecule has 124 valence electrons. The lowest BCUT2D eigenvalue weighted by Gasteiger charge is -2.12. The van der Waals surface area contributed by atoms with Crippen LogP contribution in [0.15, 0.2) is 47.6 Å². The van der Waals surface area contributed by atoms with Gasteiger partial charge in [0.25, 0.3) is 0 Å². The molecule has 1 aromatic heterocycles. The van der Waals surface area contributed by atoms with E-state index in [2.05, 4.69) is 20.6 Å². The second-order valence-electron chi connectivity index (χ2n) is 4.66. The molecule has 1 aromatic carbocycles. The van der Waals surface area contributed by atoms with Gasteiger partial charge in [-0.3, -0.25) is 9.98 Å². The maximum Gasteiger partial charge on any atom is 0.191 e. The van der Waals surface area contributed by atoms with Crippen LogP contribution in [0.3, 0.4) is 0 Å². The Morgan fingerprint density at radius 3 is 2.65 bits per heavy atom. The van der Waals surface area contributed by atoms with E-state index >= 15 is 0 Å². The molecule has 1 heterocycles. The van der Waals surface area contributed by atoms with Gasteiger partial charge in [-0.25, -0.2) is 0 Å². The standard InChI is InChI=1S/C16H18Cl2N4.HI/c1-19-16(21-9-7-14-4-2-3-8-20-14)22-11-12-5-6-13(17)10-15(12)18;/h2-6,8,10H,7,9,11H2,1H3,(H2,19,21,22);1H. The molecule has 0 atom stereocenters. The zero-order valence-corrected chi connectivity index (χ0v) is 16.6. The molecule has 23 heavy (non-hydrogen) atoms. The van der Waals surface area contributed by atoms with Crippen molar-refractivity contribution in [3.05, 3.63) is 63.9 Å². The summed E-state index contributed by atoms with van der Waals surface area (Å²) in [6.45, 7) is 1.34. The summed E-state index contributed by atoms with van der Waals surface area (Å²) < 4.78 is 0. The summed E-state index contributed by atoms with van der Waals surface area (Å²) in [5, 5.41) is 7.75. The van der Waals surface area contributed by atoms with Crippen molar-refractivity contribution in [3.63, 3.8) is 0 Å². The molecule has 0 aliphatic heterocycles. The number of nitrogens with one attached hydrogen (secondary N) is 2. The van der Waals surface area contributed by atoms with Crippen LogP contribution in [0.5, 0.6) is 0 Å². The fourth-order valence-electron chi connectivity index (χ4n) is 1.92. The molecule has 0 radical (unpaired) electrons. The predicted octanol–water partition coefficient (Wildman–Crippen LogP) is 3.91. The van der Waals surface area contributed by atoms with Crippen LogP contribution in [-0.2, 0) is 13.0 Å². The van der Waals surface area contributed by atoms with Gasteiger partial charge in [-0.2, -0.15) is 0 Å². The largest absolute Gasteiger partial charge is 0.356 e.